The highest BCUT2D eigenvalue weighted by atomic mass is 79.9. The van der Waals surface area contributed by atoms with E-state index in [9.17, 15) is 18.0 Å². The van der Waals surface area contributed by atoms with Crippen LogP contribution < -0.4 is 10.0 Å². The molecule has 0 bridgehead atoms. The summed E-state index contributed by atoms with van der Waals surface area (Å²) in [6.45, 7) is 6.47. The van der Waals surface area contributed by atoms with Crippen LogP contribution in [0.15, 0.2) is 33.6 Å². The van der Waals surface area contributed by atoms with Crippen molar-refractivity contribution in [1.82, 2.24) is 14.9 Å². The Hall–Kier alpha value is -1.65. The van der Waals surface area contributed by atoms with Gasteiger partial charge in [0, 0.05) is 36.6 Å². The summed E-state index contributed by atoms with van der Waals surface area (Å²) in [6.07, 6.45) is 0.894. The minimum Gasteiger partial charge on any atom is -0.444 e. The number of carbonyl (C=O) groups is 2. The van der Waals surface area contributed by atoms with Crippen LogP contribution in [0.2, 0.25) is 0 Å². The maximum Gasteiger partial charge on any atom is 0.407 e. The summed E-state index contributed by atoms with van der Waals surface area (Å²) >= 11 is 3.24. The molecule has 29 heavy (non-hydrogen) atoms. The number of carbonyl (C=O) groups excluding carboxylic acids is 2. The summed E-state index contributed by atoms with van der Waals surface area (Å²) in [5.74, 6) is -0.113. The first-order valence-electron chi connectivity index (χ1n) is 9.49. The number of nitrogens with one attached hydrogen (secondary N) is 2. The fourth-order valence-corrected chi connectivity index (χ4v) is 4.54. The number of sulfonamides is 1. The topological polar surface area (TPSA) is 105 Å². The Morgan fingerprint density at radius 2 is 1.90 bits per heavy atom. The van der Waals surface area contributed by atoms with E-state index in [0.29, 0.717) is 30.4 Å². The average Bonchev–Trinajstić information content (AvgIpc) is 2.60. The van der Waals surface area contributed by atoms with Crippen molar-refractivity contribution in [1.29, 1.82) is 0 Å². The molecule has 162 valence electrons. The lowest BCUT2D eigenvalue weighted by molar-refractivity contribution is -0.132. The van der Waals surface area contributed by atoms with Gasteiger partial charge < -0.3 is 15.0 Å². The summed E-state index contributed by atoms with van der Waals surface area (Å²) in [7, 11) is -3.66. The number of nitrogens with zero attached hydrogens (tertiary/aromatic N) is 1. The number of amides is 2. The molecule has 1 heterocycles. The molecule has 10 heteroatoms. The highest BCUT2D eigenvalue weighted by Gasteiger charge is 2.26. The van der Waals surface area contributed by atoms with Crippen molar-refractivity contribution in [2.75, 3.05) is 19.6 Å². The zero-order valence-corrected chi connectivity index (χ0v) is 19.3. The van der Waals surface area contributed by atoms with Crippen molar-refractivity contribution in [2.24, 2.45) is 0 Å². The number of rotatable bonds is 6. The first-order chi connectivity index (χ1) is 13.5. The molecule has 1 aliphatic heterocycles. The van der Waals surface area contributed by atoms with Crippen LogP contribution in [0.5, 0.6) is 0 Å². The largest absolute Gasteiger partial charge is 0.444 e. The number of hydrogen-bond donors (Lipinski definition) is 2. The Morgan fingerprint density at radius 3 is 2.48 bits per heavy atom. The standard InChI is InChI=1S/C19H28BrN3O5S/c1-19(2,3)28-18(25)22-15-8-11-23(12-9-15)17(24)7-10-21-29(26,27)16-6-4-5-14(20)13-16/h4-6,13,15,21H,7-12H2,1-3H3,(H,22,25). The molecular weight excluding hydrogens is 462 g/mol. The highest BCUT2D eigenvalue weighted by molar-refractivity contribution is 9.10. The first-order valence-corrected chi connectivity index (χ1v) is 11.8. The molecule has 0 saturated carbocycles. The van der Waals surface area contributed by atoms with Gasteiger partial charge in [-0.25, -0.2) is 17.9 Å². The first kappa shape index (κ1) is 23.6. The molecule has 0 atom stereocenters. The zero-order chi connectivity index (χ0) is 21.7. The van der Waals surface area contributed by atoms with Crippen LogP contribution in [0, 0.1) is 0 Å². The lowest BCUT2D eigenvalue weighted by Gasteiger charge is -2.33. The van der Waals surface area contributed by atoms with Crippen molar-refractivity contribution in [3.63, 3.8) is 0 Å². The van der Waals surface area contributed by atoms with Gasteiger partial charge in [-0.05, 0) is 51.8 Å². The summed E-state index contributed by atoms with van der Waals surface area (Å²) in [5, 5.41) is 2.83. The van der Waals surface area contributed by atoms with Gasteiger partial charge in [0.05, 0.1) is 4.90 Å². The number of benzene rings is 1. The molecule has 1 aromatic carbocycles. The molecule has 1 fully saturated rings. The van der Waals surface area contributed by atoms with E-state index < -0.39 is 21.7 Å². The smallest absolute Gasteiger partial charge is 0.407 e. The molecule has 8 nitrogen and oxygen atoms in total. The van der Waals surface area contributed by atoms with Gasteiger partial charge in [0.1, 0.15) is 5.60 Å². The summed E-state index contributed by atoms with van der Waals surface area (Å²) in [5.41, 5.74) is -0.552. The van der Waals surface area contributed by atoms with Crippen molar-refractivity contribution >= 4 is 38.0 Å². The van der Waals surface area contributed by atoms with Crippen molar-refractivity contribution in [3.05, 3.63) is 28.7 Å². The van der Waals surface area contributed by atoms with Crippen LogP contribution in [-0.4, -0.2) is 56.6 Å². The lowest BCUT2D eigenvalue weighted by Crippen LogP contribution is -2.48. The molecule has 1 saturated heterocycles. The van der Waals surface area contributed by atoms with Crippen LogP contribution in [0.25, 0.3) is 0 Å². The molecule has 0 unspecified atom stereocenters. The van der Waals surface area contributed by atoms with E-state index in [0.717, 1.165) is 0 Å². The third kappa shape index (κ3) is 7.94. The number of likely N-dealkylation sites (tertiary alicyclic amines) is 1. The van der Waals surface area contributed by atoms with Gasteiger partial charge in [-0.3, -0.25) is 4.79 Å². The molecular formula is C19H28BrN3O5S. The van der Waals surface area contributed by atoms with Crippen molar-refractivity contribution in [3.8, 4) is 0 Å². The fourth-order valence-electron chi connectivity index (χ4n) is 2.92. The Labute approximate surface area is 180 Å². The Bertz CT molecular complexity index is 830. The normalized spacial score (nSPS) is 15.8. The van der Waals surface area contributed by atoms with Crippen LogP contribution in [0.3, 0.4) is 0 Å². The van der Waals surface area contributed by atoms with Crippen LogP contribution in [0.4, 0.5) is 4.79 Å². The molecule has 0 radical (unpaired) electrons. The second-order valence-corrected chi connectivity index (χ2v) is 10.6. The predicted molar refractivity (Wildman–Crippen MR) is 113 cm³/mol. The SMILES string of the molecule is CC(C)(C)OC(=O)NC1CCN(C(=O)CCNS(=O)(=O)c2cccc(Br)c2)CC1. The molecule has 1 aliphatic rings. The quantitative estimate of drug-likeness (QED) is 0.638. The van der Waals surface area contributed by atoms with Crippen molar-refractivity contribution in [2.45, 2.75) is 56.6 Å². The van der Waals surface area contributed by atoms with E-state index in [1.54, 1.807) is 37.8 Å². The third-order valence-corrected chi connectivity index (χ3v) is 6.26. The van der Waals surface area contributed by atoms with Crippen LogP contribution in [-0.2, 0) is 19.6 Å². The summed E-state index contributed by atoms with van der Waals surface area (Å²) in [6, 6.07) is 6.34. The van der Waals surface area contributed by atoms with E-state index in [2.05, 4.69) is 26.0 Å². The third-order valence-electron chi connectivity index (χ3n) is 4.31. The minimum absolute atomic E-state index is 0.0315. The number of halogens is 1. The van der Waals surface area contributed by atoms with E-state index in [-0.39, 0.29) is 29.8 Å². The van der Waals surface area contributed by atoms with E-state index in [4.69, 9.17) is 4.74 Å². The number of piperidine rings is 1. The zero-order valence-electron chi connectivity index (χ0n) is 16.9. The van der Waals surface area contributed by atoms with E-state index in [1.807, 2.05) is 0 Å². The molecule has 0 spiro atoms. The van der Waals surface area contributed by atoms with Crippen LogP contribution in [0.1, 0.15) is 40.0 Å². The van der Waals surface area contributed by atoms with Gasteiger partial charge in [-0.15, -0.1) is 0 Å². The van der Waals surface area contributed by atoms with Crippen LogP contribution >= 0.6 is 15.9 Å². The number of ether oxygens (including phenoxy) is 1. The molecule has 0 aromatic heterocycles. The maximum atomic E-state index is 12.4. The number of hydrogen-bond acceptors (Lipinski definition) is 5. The second-order valence-electron chi connectivity index (χ2n) is 7.91. The Morgan fingerprint density at radius 1 is 1.24 bits per heavy atom. The van der Waals surface area contributed by atoms with Gasteiger partial charge in [0.15, 0.2) is 0 Å². The second kappa shape index (κ2) is 9.90. The van der Waals surface area contributed by atoms with E-state index in [1.165, 1.54) is 12.1 Å². The Balaban J connectivity index is 1.74. The van der Waals surface area contributed by atoms with Gasteiger partial charge in [0.25, 0.3) is 0 Å². The molecule has 0 aliphatic carbocycles. The van der Waals surface area contributed by atoms with Gasteiger partial charge in [-0.2, -0.15) is 0 Å². The van der Waals surface area contributed by atoms with Crippen molar-refractivity contribution < 1.29 is 22.7 Å². The van der Waals surface area contributed by atoms with Gasteiger partial charge in [0.2, 0.25) is 15.9 Å². The predicted octanol–water partition coefficient (Wildman–Crippen LogP) is 2.63. The maximum absolute atomic E-state index is 12.4. The summed E-state index contributed by atoms with van der Waals surface area (Å²) < 4.78 is 32.9. The lowest BCUT2D eigenvalue weighted by atomic mass is 10.0. The average molecular weight is 490 g/mol. The molecule has 2 N–H and O–H groups in total. The summed E-state index contributed by atoms with van der Waals surface area (Å²) in [4.78, 5) is 26.0. The molecule has 1 aromatic rings. The number of alkyl carbamates (subject to hydrolysis) is 1. The van der Waals surface area contributed by atoms with Gasteiger partial charge >= 0.3 is 6.09 Å². The Kier molecular flexibility index (Phi) is 8.07. The van der Waals surface area contributed by atoms with E-state index >= 15 is 0 Å². The molecule has 2 rings (SSSR count). The minimum atomic E-state index is -3.66. The monoisotopic (exact) mass is 489 g/mol. The fraction of sp³-hybridized carbons (Fsp3) is 0.579. The molecule has 2 amide bonds. The van der Waals surface area contributed by atoms with Gasteiger partial charge in [-0.1, -0.05) is 22.0 Å². The highest BCUT2D eigenvalue weighted by Crippen LogP contribution is 2.16.